The zero-order valence-corrected chi connectivity index (χ0v) is 10.4. The van der Waals surface area contributed by atoms with Crippen LogP contribution in [0.4, 0.5) is 5.69 Å². The van der Waals surface area contributed by atoms with Crippen molar-refractivity contribution in [2.45, 2.75) is 19.8 Å². The number of amides is 1. The van der Waals surface area contributed by atoms with E-state index in [9.17, 15) is 14.9 Å². The predicted molar refractivity (Wildman–Crippen MR) is 71.0 cm³/mol. The summed E-state index contributed by atoms with van der Waals surface area (Å²) in [6.07, 6.45) is 3.68. The van der Waals surface area contributed by atoms with Gasteiger partial charge in [-0.1, -0.05) is 11.6 Å². The molecule has 0 spiro atoms. The first-order chi connectivity index (χ1) is 9.06. The van der Waals surface area contributed by atoms with Crippen LogP contribution in [-0.4, -0.2) is 16.5 Å². The number of rotatable bonds is 3. The van der Waals surface area contributed by atoms with E-state index < -0.39 is 10.8 Å². The minimum absolute atomic E-state index is 0.114. The van der Waals surface area contributed by atoms with Crippen molar-refractivity contribution in [3.05, 3.63) is 51.6 Å². The number of carbonyl (C=O) groups excluding carboxylic acids is 1. The Labute approximate surface area is 110 Å². The number of hydrazone groups is 1. The van der Waals surface area contributed by atoms with Crippen molar-refractivity contribution in [1.29, 1.82) is 0 Å². The second-order valence-electron chi connectivity index (χ2n) is 4.34. The largest absolute Gasteiger partial charge is 0.271 e. The standard InChI is InChI=1S/C13H13N3O3/c1-9-5-6-11(7-9)14-15-13(17)10-3-2-4-12(8-10)16(18)19/h2-4,7-8H,5-6H2,1H3,(H,15,17). The maximum absolute atomic E-state index is 11.8. The lowest BCUT2D eigenvalue weighted by atomic mass is 10.2. The van der Waals surface area contributed by atoms with Gasteiger partial charge >= 0.3 is 0 Å². The van der Waals surface area contributed by atoms with Gasteiger partial charge < -0.3 is 0 Å². The summed E-state index contributed by atoms with van der Waals surface area (Å²) < 4.78 is 0. The second-order valence-corrected chi connectivity index (χ2v) is 4.34. The summed E-state index contributed by atoms with van der Waals surface area (Å²) >= 11 is 0. The number of non-ortho nitro benzene ring substituents is 1. The van der Waals surface area contributed by atoms with Gasteiger partial charge in [-0.3, -0.25) is 14.9 Å². The minimum atomic E-state index is -0.536. The number of nitro benzene ring substituents is 1. The molecule has 6 heteroatoms. The minimum Gasteiger partial charge on any atom is -0.267 e. The van der Waals surface area contributed by atoms with E-state index in [-0.39, 0.29) is 11.3 Å². The molecule has 2 rings (SSSR count). The number of nitrogens with zero attached hydrogens (tertiary/aromatic N) is 2. The summed E-state index contributed by atoms with van der Waals surface area (Å²) in [6, 6.07) is 5.55. The monoisotopic (exact) mass is 259 g/mol. The Balaban J connectivity index is 2.08. The molecule has 0 aliphatic heterocycles. The Morgan fingerprint density at radius 2 is 2.21 bits per heavy atom. The molecule has 98 valence electrons. The average molecular weight is 259 g/mol. The molecule has 0 radical (unpaired) electrons. The zero-order chi connectivity index (χ0) is 13.8. The first-order valence-electron chi connectivity index (χ1n) is 5.85. The van der Waals surface area contributed by atoms with Gasteiger partial charge in [-0.2, -0.15) is 5.10 Å². The molecule has 1 aromatic carbocycles. The molecule has 0 aromatic heterocycles. The van der Waals surface area contributed by atoms with Crippen molar-refractivity contribution < 1.29 is 9.72 Å². The number of nitrogens with one attached hydrogen (secondary N) is 1. The quantitative estimate of drug-likeness (QED) is 0.668. The van der Waals surface area contributed by atoms with Gasteiger partial charge in [0.2, 0.25) is 0 Å². The zero-order valence-electron chi connectivity index (χ0n) is 10.4. The van der Waals surface area contributed by atoms with Crippen LogP contribution >= 0.6 is 0 Å². The molecule has 0 heterocycles. The van der Waals surface area contributed by atoms with Crippen LogP contribution in [0.1, 0.15) is 30.1 Å². The molecule has 0 fully saturated rings. The van der Waals surface area contributed by atoms with Crippen LogP contribution in [0.2, 0.25) is 0 Å². The lowest BCUT2D eigenvalue weighted by Gasteiger charge is -2.00. The Hall–Kier alpha value is -2.50. The Bertz CT molecular complexity index is 591. The third-order valence-electron chi connectivity index (χ3n) is 2.81. The molecular formula is C13H13N3O3. The number of allylic oxidation sites excluding steroid dienone is 2. The van der Waals surface area contributed by atoms with E-state index in [1.807, 2.05) is 13.0 Å². The van der Waals surface area contributed by atoms with E-state index in [0.717, 1.165) is 18.6 Å². The van der Waals surface area contributed by atoms with Crippen molar-refractivity contribution in [1.82, 2.24) is 5.43 Å². The van der Waals surface area contributed by atoms with Crippen LogP contribution in [0.3, 0.4) is 0 Å². The molecule has 0 saturated carbocycles. The average Bonchev–Trinajstić information content (AvgIpc) is 2.82. The van der Waals surface area contributed by atoms with Crippen molar-refractivity contribution in [2.24, 2.45) is 5.10 Å². The molecule has 19 heavy (non-hydrogen) atoms. The highest BCUT2D eigenvalue weighted by atomic mass is 16.6. The third-order valence-corrected chi connectivity index (χ3v) is 2.81. The molecule has 1 amide bonds. The van der Waals surface area contributed by atoms with E-state index in [2.05, 4.69) is 10.5 Å². The molecule has 0 bridgehead atoms. The number of hydrogen-bond donors (Lipinski definition) is 1. The summed E-state index contributed by atoms with van der Waals surface area (Å²) in [7, 11) is 0. The van der Waals surface area contributed by atoms with Crippen molar-refractivity contribution in [2.75, 3.05) is 0 Å². The molecule has 0 unspecified atom stereocenters. The van der Waals surface area contributed by atoms with Crippen LogP contribution in [0.15, 0.2) is 41.0 Å². The van der Waals surface area contributed by atoms with Crippen LogP contribution in [0.25, 0.3) is 0 Å². The molecule has 1 N–H and O–H groups in total. The first kappa shape index (κ1) is 12.9. The van der Waals surface area contributed by atoms with Gasteiger partial charge in [-0.25, -0.2) is 5.43 Å². The normalized spacial score (nSPS) is 16.3. The number of benzene rings is 1. The Morgan fingerprint density at radius 1 is 1.42 bits per heavy atom. The molecule has 0 atom stereocenters. The van der Waals surface area contributed by atoms with E-state index >= 15 is 0 Å². The highest BCUT2D eigenvalue weighted by molar-refractivity contribution is 6.00. The van der Waals surface area contributed by atoms with Crippen LogP contribution in [-0.2, 0) is 0 Å². The Morgan fingerprint density at radius 3 is 2.84 bits per heavy atom. The number of hydrogen-bond acceptors (Lipinski definition) is 4. The fourth-order valence-electron chi connectivity index (χ4n) is 1.79. The maximum atomic E-state index is 11.8. The van der Waals surface area contributed by atoms with Gasteiger partial charge in [0.1, 0.15) is 0 Å². The molecule has 1 aliphatic carbocycles. The van der Waals surface area contributed by atoms with Crippen molar-refractivity contribution in [3.8, 4) is 0 Å². The van der Waals surface area contributed by atoms with Gasteiger partial charge in [0.05, 0.1) is 10.6 Å². The van der Waals surface area contributed by atoms with Gasteiger partial charge in [-0.05, 0) is 31.9 Å². The summed E-state index contributed by atoms with van der Waals surface area (Å²) in [4.78, 5) is 21.9. The molecule has 1 aromatic rings. The van der Waals surface area contributed by atoms with E-state index in [1.165, 1.54) is 29.8 Å². The number of carbonyl (C=O) groups is 1. The summed E-state index contributed by atoms with van der Waals surface area (Å²) in [5.41, 5.74) is 4.56. The van der Waals surface area contributed by atoms with Crippen LogP contribution in [0.5, 0.6) is 0 Å². The summed E-state index contributed by atoms with van der Waals surface area (Å²) in [5, 5.41) is 14.6. The highest BCUT2D eigenvalue weighted by Gasteiger charge is 2.12. The van der Waals surface area contributed by atoms with Gasteiger partial charge in [0, 0.05) is 17.7 Å². The SMILES string of the molecule is CC1=CC(=NNC(=O)c2cccc([N+](=O)[O-])c2)CC1. The van der Waals surface area contributed by atoms with Crippen LogP contribution < -0.4 is 5.43 Å². The fourth-order valence-corrected chi connectivity index (χ4v) is 1.79. The molecule has 0 saturated heterocycles. The van der Waals surface area contributed by atoms with Gasteiger partial charge in [-0.15, -0.1) is 0 Å². The maximum Gasteiger partial charge on any atom is 0.271 e. The fraction of sp³-hybridized carbons (Fsp3) is 0.231. The lowest BCUT2D eigenvalue weighted by molar-refractivity contribution is -0.384. The first-order valence-corrected chi connectivity index (χ1v) is 5.85. The topological polar surface area (TPSA) is 84.6 Å². The van der Waals surface area contributed by atoms with Crippen molar-refractivity contribution >= 4 is 17.3 Å². The van der Waals surface area contributed by atoms with E-state index in [0.29, 0.717) is 0 Å². The molecule has 6 nitrogen and oxygen atoms in total. The summed E-state index contributed by atoms with van der Waals surface area (Å²) in [6.45, 7) is 2.00. The van der Waals surface area contributed by atoms with Gasteiger partial charge in [0.15, 0.2) is 0 Å². The summed E-state index contributed by atoms with van der Waals surface area (Å²) in [5.74, 6) is -0.450. The second kappa shape index (κ2) is 5.43. The number of nitro groups is 1. The molecular weight excluding hydrogens is 246 g/mol. The lowest BCUT2D eigenvalue weighted by Crippen LogP contribution is -2.18. The smallest absolute Gasteiger partial charge is 0.267 e. The molecule has 1 aliphatic rings. The van der Waals surface area contributed by atoms with E-state index in [4.69, 9.17) is 0 Å². The highest BCUT2D eigenvalue weighted by Crippen LogP contribution is 2.15. The van der Waals surface area contributed by atoms with Crippen LogP contribution in [0, 0.1) is 10.1 Å². The predicted octanol–water partition coefficient (Wildman–Crippen LogP) is 2.42. The van der Waals surface area contributed by atoms with E-state index in [1.54, 1.807) is 0 Å². The van der Waals surface area contributed by atoms with Crippen molar-refractivity contribution in [3.63, 3.8) is 0 Å². The Kier molecular flexibility index (Phi) is 3.70. The third kappa shape index (κ3) is 3.25. The van der Waals surface area contributed by atoms with Gasteiger partial charge in [0.25, 0.3) is 11.6 Å².